The third-order valence-electron chi connectivity index (χ3n) is 3.52. The number of aryl methyl sites for hydroxylation is 1. The molecule has 0 aliphatic heterocycles. The van der Waals surface area contributed by atoms with Crippen molar-refractivity contribution in [3.63, 3.8) is 0 Å². The lowest BCUT2D eigenvalue weighted by atomic mass is 10.0. The molecule has 0 bridgehead atoms. The van der Waals surface area contributed by atoms with Crippen molar-refractivity contribution in [1.29, 1.82) is 0 Å². The Labute approximate surface area is 97.0 Å². The van der Waals surface area contributed by atoms with Crippen LogP contribution in [0.15, 0.2) is 12.5 Å². The molecule has 1 fully saturated rings. The molecule has 0 spiro atoms. The molecule has 1 N–H and O–H groups in total. The highest BCUT2D eigenvalue weighted by Crippen LogP contribution is 2.48. The molecule has 1 aromatic rings. The first-order valence-corrected chi connectivity index (χ1v) is 5.91. The van der Waals surface area contributed by atoms with Crippen LogP contribution in [0.25, 0.3) is 0 Å². The van der Waals surface area contributed by atoms with Crippen LogP contribution >= 0.6 is 0 Å². The van der Waals surface area contributed by atoms with Crippen LogP contribution in [-0.2, 0) is 18.3 Å². The van der Waals surface area contributed by atoms with Gasteiger partial charge in [0.05, 0.1) is 12.0 Å². The van der Waals surface area contributed by atoms with E-state index in [2.05, 4.69) is 14.9 Å². The molecule has 0 unspecified atom stereocenters. The van der Waals surface area contributed by atoms with Gasteiger partial charge in [-0.2, -0.15) is 0 Å². The van der Waals surface area contributed by atoms with E-state index in [1.165, 1.54) is 25.0 Å². The summed E-state index contributed by atoms with van der Waals surface area (Å²) in [7, 11) is 3.81. The smallest absolute Gasteiger partial charge is 0.0945 e. The van der Waals surface area contributed by atoms with Gasteiger partial charge in [0.2, 0.25) is 0 Å². The number of methoxy groups -OCH3 is 1. The van der Waals surface area contributed by atoms with Crippen LogP contribution in [0.5, 0.6) is 0 Å². The van der Waals surface area contributed by atoms with Crippen LogP contribution < -0.4 is 5.32 Å². The van der Waals surface area contributed by atoms with Crippen molar-refractivity contribution >= 4 is 0 Å². The molecule has 16 heavy (non-hydrogen) atoms. The first kappa shape index (κ1) is 11.6. The van der Waals surface area contributed by atoms with E-state index in [0.717, 1.165) is 19.7 Å². The maximum Gasteiger partial charge on any atom is 0.0945 e. The van der Waals surface area contributed by atoms with E-state index in [0.29, 0.717) is 5.41 Å². The predicted molar refractivity (Wildman–Crippen MR) is 63.1 cm³/mol. The summed E-state index contributed by atoms with van der Waals surface area (Å²) in [6, 6.07) is 0. The summed E-state index contributed by atoms with van der Waals surface area (Å²) in [4.78, 5) is 4.10. The Morgan fingerprint density at radius 3 is 2.94 bits per heavy atom. The average molecular weight is 223 g/mol. The number of ether oxygens (including phenoxy) is 1. The topological polar surface area (TPSA) is 39.1 Å². The monoisotopic (exact) mass is 223 g/mol. The van der Waals surface area contributed by atoms with Crippen molar-refractivity contribution in [2.24, 2.45) is 12.5 Å². The molecule has 0 radical (unpaired) electrons. The van der Waals surface area contributed by atoms with Gasteiger partial charge in [-0.15, -0.1) is 0 Å². The zero-order valence-electron chi connectivity index (χ0n) is 10.2. The van der Waals surface area contributed by atoms with Crippen molar-refractivity contribution in [2.45, 2.75) is 25.8 Å². The Morgan fingerprint density at radius 2 is 2.38 bits per heavy atom. The second-order valence-corrected chi connectivity index (χ2v) is 4.84. The van der Waals surface area contributed by atoms with Crippen molar-refractivity contribution < 1.29 is 4.74 Å². The van der Waals surface area contributed by atoms with E-state index in [4.69, 9.17) is 4.74 Å². The summed E-state index contributed by atoms with van der Waals surface area (Å²) in [6.07, 6.45) is 7.63. The Hall–Kier alpha value is -0.870. The number of nitrogens with zero attached hydrogens (tertiary/aromatic N) is 2. The fourth-order valence-corrected chi connectivity index (χ4v) is 2.02. The third kappa shape index (κ3) is 2.83. The summed E-state index contributed by atoms with van der Waals surface area (Å²) < 4.78 is 7.20. The SMILES string of the molecule is COCCC1(CNCc2cncn2C)CC1. The summed E-state index contributed by atoms with van der Waals surface area (Å²) >= 11 is 0. The lowest BCUT2D eigenvalue weighted by molar-refractivity contribution is 0.171. The highest BCUT2D eigenvalue weighted by atomic mass is 16.5. The second-order valence-electron chi connectivity index (χ2n) is 4.84. The quantitative estimate of drug-likeness (QED) is 0.758. The molecule has 0 saturated heterocycles. The largest absolute Gasteiger partial charge is 0.385 e. The third-order valence-corrected chi connectivity index (χ3v) is 3.52. The molecule has 1 aromatic heterocycles. The average Bonchev–Trinajstić information content (AvgIpc) is 2.94. The zero-order chi connectivity index (χ0) is 11.4. The normalized spacial score (nSPS) is 17.6. The van der Waals surface area contributed by atoms with Crippen molar-refractivity contribution in [2.75, 3.05) is 20.3 Å². The van der Waals surface area contributed by atoms with E-state index in [1.54, 1.807) is 7.11 Å². The maximum atomic E-state index is 5.15. The van der Waals surface area contributed by atoms with E-state index in [-0.39, 0.29) is 0 Å². The second kappa shape index (κ2) is 4.97. The lowest BCUT2D eigenvalue weighted by Gasteiger charge is -2.15. The minimum Gasteiger partial charge on any atom is -0.385 e. The molecule has 1 saturated carbocycles. The van der Waals surface area contributed by atoms with E-state index >= 15 is 0 Å². The molecule has 1 aliphatic rings. The molecule has 0 atom stereocenters. The molecule has 2 rings (SSSR count). The predicted octanol–water partition coefficient (Wildman–Crippen LogP) is 1.33. The number of nitrogens with one attached hydrogen (secondary N) is 1. The van der Waals surface area contributed by atoms with Crippen LogP contribution in [0.2, 0.25) is 0 Å². The summed E-state index contributed by atoms with van der Waals surface area (Å²) in [6.45, 7) is 2.89. The van der Waals surface area contributed by atoms with Gasteiger partial charge in [0.15, 0.2) is 0 Å². The van der Waals surface area contributed by atoms with Crippen LogP contribution in [0.4, 0.5) is 0 Å². The number of imidazole rings is 1. The van der Waals surface area contributed by atoms with Gasteiger partial charge in [-0.05, 0) is 24.7 Å². The number of aromatic nitrogens is 2. The number of rotatable bonds is 7. The molecule has 1 aliphatic carbocycles. The van der Waals surface area contributed by atoms with Crippen LogP contribution in [0.3, 0.4) is 0 Å². The number of hydrogen-bond acceptors (Lipinski definition) is 3. The summed E-state index contributed by atoms with van der Waals surface area (Å²) in [5, 5.41) is 3.52. The Balaban J connectivity index is 1.70. The molecule has 4 nitrogen and oxygen atoms in total. The van der Waals surface area contributed by atoms with Crippen LogP contribution in [0.1, 0.15) is 25.0 Å². The molecule has 4 heteroatoms. The standard InChI is InChI=1S/C12H21N3O/c1-15-10-14-8-11(15)7-13-9-12(3-4-12)5-6-16-2/h8,10,13H,3-7,9H2,1-2H3. The molecular weight excluding hydrogens is 202 g/mol. The van der Waals surface area contributed by atoms with Crippen molar-refractivity contribution in [1.82, 2.24) is 14.9 Å². The van der Waals surface area contributed by atoms with E-state index in [9.17, 15) is 0 Å². The highest BCUT2D eigenvalue weighted by Gasteiger charge is 2.41. The molecule has 0 aromatic carbocycles. The van der Waals surface area contributed by atoms with Gasteiger partial charge in [0, 0.05) is 40.1 Å². The first-order chi connectivity index (χ1) is 7.76. The van der Waals surface area contributed by atoms with Crippen molar-refractivity contribution in [3.8, 4) is 0 Å². The highest BCUT2D eigenvalue weighted by molar-refractivity contribution is 4.99. The lowest BCUT2D eigenvalue weighted by Crippen LogP contribution is -2.25. The van der Waals surface area contributed by atoms with Crippen LogP contribution in [0, 0.1) is 5.41 Å². The molecule has 0 amide bonds. The molecule has 1 heterocycles. The van der Waals surface area contributed by atoms with E-state index < -0.39 is 0 Å². The van der Waals surface area contributed by atoms with Gasteiger partial charge < -0.3 is 14.6 Å². The van der Waals surface area contributed by atoms with Gasteiger partial charge in [-0.3, -0.25) is 0 Å². The Kier molecular flexibility index (Phi) is 3.61. The van der Waals surface area contributed by atoms with Gasteiger partial charge in [0.1, 0.15) is 0 Å². The fourth-order valence-electron chi connectivity index (χ4n) is 2.02. The summed E-state index contributed by atoms with van der Waals surface area (Å²) in [5.41, 5.74) is 1.76. The zero-order valence-corrected chi connectivity index (χ0v) is 10.2. The van der Waals surface area contributed by atoms with Crippen LogP contribution in [-0.4, -0.2) is 29.8 Å². The fraction of sp³-hybridized carbons (Fsp3) is 0.750. The molecule has 90 valence electrons. The van der Waals surface area contributed by atoms with Gasteiger partial charge in [-0.1, -0.05) is 0 Å². The van der Waals surface area contributed by atoms with Gasteiger partial charge >= 0.3 is 0 Å². The minimum atomic E-state index is 0.522. The van der Waals surface area contributed by atoms with Gasteiger partial charge in [-0.25, -0.2) is 4.98 Å². The number of hydrogen-bond donors (Lipinski definition) is 1. The Morgan fingerprint density at radius 1 is 1.56 bits per heavy atom. The van der Waals surface area contributed by atoms with Gasteiger partial charge in [0.25, 0.3) is 0 Å². The van der Waals surface area contributed by atoms with E-state index in [1.807, 2.05) is 19.6 Å². The summed E-state index contributed by atoms with van der Waals surface area (Å²) in [5.74, 6) is 0. The Bertz CT molecular complexity index is 331. The maximum absolute atomic E-state index is 5.15. The molecular formula is C12H21N3O. The van der Waals surface area contributed by atoms with Crippen molar-refractivity contribution in [3.05, 3.63) is 18.2 Å². The minimum absolute atomic E-state index is 0.522. The first-order valence-electron chi connectivity index (χ1n) is 5.91.